The van der Waals surface area contributed by atoms with Crippen LogP contribution in [0.1, 0.15) is 35.4 Å². The normalized spacial score (nSPS) is 17.0. The molecule has 118 valence electrons. The van der Waals surface area contributed by atoms with Gasteiger partial charge < -0.3 is 0 Å². The van der Waals surface area contributed by atoms with Gasteiger partial charge in [-0.05, 0) is 64.3 Å². The number of aryl methyl sites for hydroxylation is 3. The first-order chi connectivity index (χ1) is 10.6. The Morgan fingerprint density at radius 2 is 1.73 bits per heavy atom. The van der Waals surface area contributed by atoms with Gasteiger partial charge in [0.15, 0.2) is 0 Å². The summed E-state index contributed by atoms with van der Waals surface area (Å²) in [6.45, 7) is 11.0. The molecule has 1 aromatic heterocycles. The molecule has 1 aliphatic heterocycles. The molecule has 2 aromatic rings. The van der Waals surface area contributed by atoms with E-state index in [2.05, 4.69) is 65.8 Å². The minimum absolute atomic E-state index is 0.771. The number of aromatic nitrogens is 2. The Balaban J connectivity index is 1.50. The third-order valence-corrected chi connectivity index (χ3v) is 4.77. The van der Waals surface area contributed by atoms with Gasteiger partial charge in [-0.3, -0.25) is 9.58 Å². The summed E-state index contributed by atoms with van der Waals surface area (Å²) in [6, 6.07) is 11.1. The summed E-state index contributed by atoms with van der Waals surface area (Å²) in [4.78, 5) is 2.59. The molecule has 0 amide bonds. The van der Waals surface area contributed by atoms with E-state index in [0.717, 1.165) is 24.7 Å². The van der Waals surface area contributed by atoms with Gasteiger partial charge in [0.05, 0.1) is 5.69 Å². The zero-order valence-corrected chi connectivity index (χ0v) is 14.0. The van der Waals surface area contributed by atoms with Crippen LogP contribution in [0.2, 0.25) is 0 Å². The molecule has 0 spiro atoms. The largest absolute Gasteiger partial charge is 0.299 e. The Morgan fingerprint density at radius 1 is 1.05 bits per heavy atom. The van der Waals surface area contributed by atoms with Crippen LogP contribution in [-0.4, -0.2) is 27.8 Å². The minimum Gasteiger partial charge on any atom is -0.299 e. The van der Waals surface area contributed by atoms with E-state index in [1.165, 1.54) is 42.8 Å². The lowest BCUT2D eigenvalue weighted by Crippen LogP contribution is -2.34. The summed E-state index contributed by atoms with van der Waals surface area (Å²) in [5.41, 5.74) is 5.20. The van der Waals surface area contributed by atoms with Gasteiger partial charge in [-0.25, -0.2) is 0 Å². The summed E-state index contributed by atoms with van der Waals surface area (Å²) < 4.78 is 2.19. The molecule has 0 radical (unpaired) electrons. The fraction of sp³-hybridized carbons (Fsp3) is 0.526. The number of piperidine rings is 1. The van der Waals surface area contributed by atoms with Crippen LogP contribution in [0.5, 0.6) is 0 Å². The Labute approximate surface area is 133 Å². The second-order valence-corrected chi connectivity index (χ2v) is 6.81. The molecule has 1 aliphatic rings. The predicted molar refractivity (Wildman–Crippen MR) is 90.9 cm³/mol. The SMILES string of the molecule is Cc1ccc(CN2CCC(Cn3nc(C)cc3C)CC2)cc1. The van der Waals surface area contributed by atoms with E-state index in [4.69, 9.17) is 0 Å². The number of nitrogens with zero attached hydrogens (tertiary/aromatic N) is 3. The van der Waals surface area contributed by atoms with E-state index in [1.54, 1.807) is 0 Å². The molecule has 2 heterocycles. The molecule has 22 heavy (non-hydrogen) atoms. The molecule has 0 saturated carbocycles. The topological polar surface area (TPSA) is 21.1 Å². The van der Waals surface area contributed by atoms with Gasteiger partial charge in [-0.2, -0.15) is 5.10 Å². The first-order valence-electron chi connectivity index (χ1n) is 8.39. The molecule has 3 heteroatoms. The van der Waals surface area contributed by atoms with Gasteiger partial charge in [0.1, 0.15) is 0 Å². The minimum atomic E-state index is 0.771. The quantitative estimate of drug-likeness (QED) is 0.857. The average molecular weight is 297 g/mol. The summed E-state index contributed by atoms with van der Waals surface area (Å²) in [5, 5.41) is 4.60. The summed E-state index contributed by atoms with van der Waals surface area (Å²) in [7, 11) is 0. The molecule has 1 saturated heterocycles. The van der Waals surface area contributed by atoms with Gasteiger partial charge in [0.2, 0.25) is 0 Å². The highest BCUT2D eigenvalue weighted by Gasteiger charge is 2.20. The maximum absolute atomic E-state index is 4.60. The van der Waals surface area contributed by atoms with Crippen molar-refractivity contribution in [2.24, 2.45) is 5.92 Å². The average Bonchev–Trinajstić information content (AvgIpc) is 2.81. The maximum atomic E-state index is 4.60. The number of rotatable bonds is 4. The van der Waals surface area contributed by atoms with Crippen molar-refractivity contribution in [3.8, 4) is 0 Å². The van der Waals surface area contributed by atoms with Crippen LogP contribution in [0.4, 0.5) is 0 Å². The number of hydrogen-bond donors (Lipinski definition) is 0. The van der Waals surface area contributed by atoms with E-state index < -0.39 is 0 Å². The molecule has 0 N–H and O–H groups in total. The van der Waals surface area contributed by atoms with Gasteiger partial charge in [0.25, 0.3) is 0 Å². The van der Waals surface area contributed by atoms with Crippen molar-refractivity contribution in [1.82, 2.24) is 14.7 Å². The lowest BCUT2D eigenvalue weighted by Gasteiger charge is -2.32. The van der Waals surface area contributed by atoms with Crippen LogP contribution in [0.15, 0.2) is 30.3 Å². The second-order valence-electron chi connectivity index (χ2n) is 6.81. The molecule has 3 rings (SSSR count). The molecule has 0 atom stereocenters. The van der Waals surface area contributed by atoms with Crippen LogP contribution in [0, 0.1) is 26.7 Å². The fourth-order valence-electron chi connectivity index (χ4n) is 3.38. The highest BCUT2D eigenvalue weighted by molar-refractivity contribution is 5.21. The highest BCUT2D eigenvalue weighted by atomic mass is 15.3. The van der Waals surface area contributed by atoms with Crippen molar-refractivity contribution in [3.63, 3.8) is 0 Å². The van der Waals surface area contributed by atoms with Crippen molar-refractivity contribution in [3.05, 3.63) is 52.8 Å². The number of benzene rings is 1. The van der Waals surface area contributed by atoms with E-state index in [0.29, 0.717) is 0 Å². The van der Waals surface area contributed by atoms with E-state index in [9.17, 15) is 0 Å². The third-order valence-electron chi connectivity index (χ3n) is 4.77. The summed E-state index contributed by atoms with van der Waals surface area (Å²) >= 11 is 0. The number of likely N-dealkylation sites (tertiary alicyclic amines) is 1. The van der Waals surface area contributed by atoms with Gasteiger partial charge in [0, 0.05) is 18.8 Å². The van der Waals surface area contributed by atoms with Crippen molar-refractivity contribution in [2.45, 2.75) is 46.7 Å². The van der Waals surface area contributed by atoms with Gasteiger partial charge in [-0.1, -0.05) is 29.8 Å². The maximum Gasteiger partial charge on any atom is 0.0596 e. The Kier molecular flexibility index (Phi) is 4.63. The Bertz CT molecular complexity index is 604. The molecule has 0 unspecified atom stereocenters. The van der Waals surface area contributed by atoms with Gasteiger partial charge in [-0.15, -0.1) is 0 Å². The first-order valence-corrected chi connectivity index (χ1v) is 8.39. The molecule has 3 nitrogen and oxygen atoms in total. The van der Waals surface area contributed by atoms with Crippen LogP contribution in [-0.2, 0) is 13.1 Å². The highest BCUT2D eigenvalue weighted by Crippen LogP contribution is 2.21. The third kappa shape index (κ3) is 3.77. The summed E-state index contributed by atoms with van der Waals surface area (Å²) in [6.07, 6.45) is 2.56. The standard InChI is InChI=1S/C19H27N3/c1-15-4-6-18(7-5-15)13-21-10-8-19(9-11-21)14-22-17(3)12-16(2)20-22/h4-7,12,19H,8-11,13-14H2,1-3H3. The van der Waals surface area contributed by atoms with Crippen molar-refractivity contribution in [2.75, 3.05) is 13.1 Å². The first kappa shape index (κ1) is 15.3. The molecule has 1 aromatic carbocycles. The van der Waals surface area contributed by atoms with Crippen LogP contribution in [0.25, 0.3) is 0 Å². The van der Waals surface area contributed by atoms with Crippen LogP contribution in [0.3, 0.4) is 0 Å². The molecule has 0 bridgehead atoms. The van der Waals surface area contributed by atoms with E-state index in [1.807, 2.05) is 0 Å². The molecule has 0 aliphatic carbocycles. The van der Waals surface area contributed by atoms with Crippen LogP contribution < -0.4 is 0 Å². The summed E-state index contributed by atoms with van der Waals surface area (Å²) in [5.74, 6) is 0.771. The lowest BCUT2D eigenvalue weighted by molar-refractivity contribution is 0.164. The smallest absolute Gasteiger partial charge is 0.0596 e. The van der Waals surface area contributed by atoms with Crippen molar-refractivity contribution < 1.29 is 0 Å². The van der Waals surface area contributed by atoms with Crippen molar-refractivity contribution in [1.29, 1.82) is 0 Å². The second kappa shape index (κ2) is 6.66. The Morgan fingerprint density at radius 3 is 2.32 bits per heavy atom. The van der Waals surface area contributed by atoms with Gasteiger partial charge >= 0.3 is 0 Å². The van der Waals surface area contributed by atoms with Crippen LogP contribution >= 0.6 is 0 Å². The number of hydrogen-bond acceptors (Lipinski definition) is 2. The monoisotopic (exact) mass is 297 g/mol. The molecular formula is C19H27N3. The Hall–Kier alpha value is -1.61. The zero-order chi connectivity index (χ0) is 15.5. The molecular weight excluding hydrogens is 270 g/mol. The van der Waals surface area contributed by atoms with E-state index >= 15 is 0 Å². The zero-order valence-electron chi connectivity index (χ0n) is 14.0. The lowest BCUT2D eigenvalue weighted by atomic mass is 9.96. The van der Waals surface area contributed by atoms with E-state index in [-0.39, 0.29) is 0 Å². The molecule has 1 fully saturated rings. The fourth-order valence-corrected chi connectivity index (χ4v) is 3.38. The van der Waals surface area contributed by atoms with Crippen molar-refractivity contribution >= 4 is 0 Å². The predicted octanol–water partition coefficient (Wildman–Crippen LogP) is 3.72.